The normalized spacial score (nSPS) is 29.5. The molecule has 52 valence electrons. The lowest BCUT2D eigenvalue weighted by molar-refractivity contribution is 1.01. The Balaban J connectivity index is 2.31. The minimum atomic E-state index is 0.567. The van der Waals surface area contributed by atoms with Crippen molar-refractivity contribution in [3.63, 3.8) is 0 Å². The summed E-state index contributed by atoms with van der Waals surface area (Å²) in [5.41, 5.74) is 1.14. The predicted molar refractivity (Wildman–Crippen MR) is 45.7 cm³/mol. The molecule has 0 radical (unpaired) electrons. The van der Waals surface area contributed by atoms with Crippen LogP contribution in [0.2, 0.25) is 0 Å². The van der Waals surface area contributed by atoms with Gasteiger partial charge in [0, 0.05) is 18.8 Å². The molecule has 0 spiro atoms. The summed E-state index contributed by atoms with van der Waals surface area (Å²) >= 11 is 1.84. The van der Waals surface area contributed by atoms with Crippen molar-refractivity contribution in [2.24, 2.45) is 9.98 Å². The zero-order valence-corrected chi connectivity index (χ0v) is 6.56. The first-order valence-corrected chi connectivity index (χ1v) is 4.18. The third-order valence-electron chi connectivity index (χ3n) is 1.56. The van der Waals surface area contributed by atoms with E-state index in [9.17, 15) is 0 Å². The van der Waals surface area contributed by atoms with Gasteiger partial charge in [-0.1, -0.05) is 0 Å². The maximum Gasteiger partial charge on any atom is 0.0733 e. The van der Waals surface area contributed by atoms with Gasteiger partial charge in [0.05, 0.1) is 16.0 Å². The lowest BCUT2D eigenvalue weighted by Crippen LogP contribution is -2.04. The highest BCUT2D eigenvalue weighted by atomic mass is 32.2. The molecule has 10 heavy (non-hydrogen) atoms. The van der Waals surface area contributed by atoms with Gasteiger partial charge in [-0.05, 0) is 6.92 Å². The van der Waals surface area contributed by atoms with Crippen molar-refractivity contribution < 1.29 is 0 Å². The third kappa shape index (κ3) is 0.904. The van der Waals surface area contributed by atoms with Gasteiger partial charge < -0.3 is 0 Å². The summed E-state index contributed by atoms with van der Waals surface area (Å²) < 4.78 is 0. The van der Waals surface area contributed by atoms with E-state index >= 15 is 0 Å². The van der Waals surface area contributed by atoms with Gasteiger partial charge in [0.2, 0.25) is 0 Å². The largest absolute Gasteiger partial charge is 0.267 e. The molecule has 2 rings (SSSR count). The molecule has 0 aromatic carbocycles. The van der Waals surface area contributed by atoms with Crippen LogP contribution in [0.5, 0.6) is 0 Å². The van der Waals surface area contributed by atoms with Gasteiger partial charge in [-0.2, -0.15) is 0 Å². The van der Waals surface area contributed by atoms with E-state index in [1.807, 2.05) is 31.1 Å². The monoisotopic (exact) mass is 152 g/mol. The van der Waals surface area contributed by atoms with E-state index in [1.165, 1.54) is 5.04 Å². The summed E-state index contributed by atoms with van der Waals surface area (Å²) in [5.74, 6) is 0. The smallest absolute Gasteiger partial charge is 0.0733 e. The van der Waals surface area contributed by atoms with E-state index in [2.05, 4.69) is 9.98 Å². The topological polar surface area (TPSA) is 24.7 Å². The van der Waals surface area contributed by atoms with Crippen LogP contribution in [0.1, 0.15) is 13.3 Å². The van der Waals surface area contributed by atoms with Crippen molar-refractivity contribution in [3.8, 4) is 0 Å². The fourth-order valence-corrected chi connectivity index (χ4v) is 2.10. The maximum atomic E-state index is 4.34. The molecule has 2 aliphatic heterocycles. The van der Waals surface area contributed by atoms with Gasteiger partial charge >= 0.3 is 0 Å². The van der Waals surface area contributed by atoms with Gasteiger partial charge in [0.25, 0.3) is 0 Å². The zero-order chi connectivity index (χ0) is 6.97. The van der Waals surface area contributed by atoms with Crippen LogP contribution in [0.15, 0.2) is 21.9 Å². The van der Waals surface area contributed by atoms with E-state index in [4.69, 9.17) is 0 Å². The molecule has 0 bridgehead atoms. The zero-order valence-electron chi connectivity index (χ0n) is 5.74. The Morgan fingerprint density at radius 2 is 2.60 bits per heavy atom. The predicted octanol–water partition coefficient (Wildman–Crippen LogP) is 1.84. The van der Waals surface area contributed by atoms with E-state index in [0.29, 0.717) is 5.25 Å². The van der Waals surface area contributed by atoms with Gasteiger partial charge in [-0.25, -0.2) is 4.99 Å². The summed E-state index contributed by atoms with van der Waals surface area (Å²) in [5, 5.41) is 1.74. The maximum absolute atomic E-state index is 4.34. The molecular formula is C7H8N2S. The molecule has 0 amide bonds. The number of hydrogen-bond donors (Lipinski definition) is 0. The molecule has 0 N–H and O–H groups in total. The molecule has 0 fully saturated rings. The van der Waals surface area contributed by atoms with E-state index in [-0.39, 0.29) is 0 Å². The van der Waals surface area contributed by atoms with Crippen LogP contribution >= 0.6 is 11.8 Å². The number of thioether (sulfide) groups is 1. The lowest BCUT2D eigenvalue weighted by atomic mass is 10.2. The highest BCUT2D eigenvalue weighted by Gasteiger charge is 2.22. The summed E-state index contributed by atoms with van der Waals surface area (Å²) in [7, 11) is 0. The van der Waals surface area contributed by atoms with Gasteiger partial charge in [-0.3, -0.25) is 4.99 Å². The summed E-state index contributed by atoms with van der Waals surface area (Å²) in [6.45, 7) is 2.05. The van der Waals surface area contributed by atoms with Crippen molar-refractivity contribution >= 4 is 23.0 Å². The molecule has 1 unspecified atom stereocenters. The Kier molecular flexibility index (Phi) is 1.38. The van der Waals surface area contributed by atoms with E-state index in [0.717, 1.165) is 12.1 Å². The van der Waals surface area contributed by atoms with Crippen LogP contribution in [0, 0.1) is 0 Å². The second-order valence-electron chi connectivity index (χ2n) is 2.36. The minimum Gasteiger partial charge on any atom is -0.267 e. The molecule has 1 atom stereocenters. The number of fused-ring (bicyclic) bond motifs is 1. The first kappa shape index (κ1) is 6.16. The van der Waals surface area contributed by atoms with Crippen LogP contribution < -0.4 is 0 Å². The van der Waals surface area contributed by atoms with Crippen molar-refractivity contribution in [1.82, 2.24) is 0 Å². The number of hydrogen-bond acceptors (Lipinski definition) is 3. The average molecular weight is 152 g/mol. The average Bonchev–Trinajstić information content (AvgIpc) is 2.27. The summed E-state index contributed by atoms with van der Waals surface area (Å²) in [4.78, 5) is 8.38. The highest BCUT2D eigenvalue weighted by Crippen LogP contribution is 2.32. The van der Waals surface area contributed by atoms with Gasteiger partial charge in [0.1, 0.15) is 0 Å². The van der Waals surface area contributed by atoms with Gasteiger partial charge in [-0.15, -0.1) is 11.8 Å². The molecular weight excluding hydrogens is 144 g/mol. The minimum absolute atomic E-state index is 0.567. The molecule has 2 aliphatic rings. The Morgan fingerprint density at radius 3 is 3.40 bits per heavy atom. The van der Waals surface area contributed by atoms with Crippen molar-refractivity contribution in [2.45, 2.75) is 18.6 Å². The Hall–Kier alpha value is -0.570. The second-order valence-corrected chi connectivity index (χ2v) is 3.75. The van der Waals surface area contributed by atoms with Crippen LogP contribution in [0.25, 0.3) is 0 Å². The Bertz CT molecular complexity index is 240. The first-order valence-electron chi connectivity index (χ1n) is 3.30. The summed E-state index contributed by atoms with van der Waals surface area (Å²) in [6.07, 6.45) is 4.85. The molecule has 0 aromatic rings. The lowest BCUT2D eigenvalue weighted by Gasteiger charge is -2.07. The highest BCUT2D eigenvalue weighted by molar-refractivity contribution is 8.14. The molecule has 2 nitrogen and oxygen atoms in total. The van der Waals surface area contributed by atoms with Crippen molar-refractivity contribution in [2.75, 3.05) is 0 Å². The quantitative estimate of drug-likeness (QED) is 0.519. The Labute approximate surface area is 64.1 Å². The third-order valence-corrected chi connectivity index (χ3v) is 2.71. The molecule has 0 saturated carbocycles. The standard InChI is InChI=1S/C7H8N2S/c1-5-9-6-4-8-3-2-7(6)10-5/h3-4,7H,2H2,1H3. The van der Waals surface area contributed by atoms with Crippen molar-refractivity contribution in [1.29, 1.82) is 0 Å². The SMILES string of the molecule is CC1=NC2=CN=CCC2S1. The second kappa shape index (κ2) is 2.23. The van der Waals surface area contributed by atoms with Crippen LogP contribution in [-0.2, 0) is 0 Å². The molecule has 0 aliphatic carbocycles. The number of aliphatic imine (C=N–C) groups is 2. The van der Waals surface area contributed by atoms with E-state index in [1.54, 1.807) is 0 Å². The van der Waals surface area contributed by atoms with Crippen LogP contribution in [0.3, 0.4) is 0 Å². The Morgan fingerprint density at radius 1 is 1.70 bits per heavy atom. The van der Waals surface area contributed by atoms with Gasteiger partial charge in [0.15, 0.2) is 0 Å². The number of nitrogens with zero attached hydrogens (tertiary/aromatic N) is 2. The molecule has 3 heteroatoms. The van der Waals surface area contributed by atoms with Crippen LogP contribution in [0.4, 0.5) is 0 Å². The van der Waals surface area contributed by atoms with Crippen LogP contribution in [-0.4, -0.2) is 16.5 Å². The fourth-order valence-electron chi connectivity index (χ4n) is 1.11. The van der Waals surface area contributed by atoms with Crippen molar-refractivity contribution in [3.05, 3.63) is 11.9 Å². The number of rotatable bonds is 0. The fraction of sp³-hybridized carbons (Fsp3) is 0.429. The first-order chi connectivity index (χ1) is 4.86. The molecule has 0 aromatic heterocycles. The molecule has 0 saturated heterocycles. The summed E-state index contributed by atoms with van der Waals surface area (Å²) in [6, 6.07) is 0. The molecule has 2 heterocycles. The van der Waals surface area contributed by atoms with E-state index < -0.39 is 0 Å².